The van der Waals surface area contributed by atoms with E-state index in [2.05, 4.69) is 4.98 Å². The highest BCUT2D eigenvalue weighted by molar-refractivity contribution is 5.96. The number of nitrogen functional groups attached to an aromatic ring is 1. The van der Waals surface area contributed by atoms with Gasteiger partial charge in [0.25, 0.3) is 5.56 Å². The Morgan fingerprint density at radius 2 is 1.78 bits per heavy atom. The standard InChI is InChI=1S/C23H27N5O4/c1-3-27(19(30)15-26(2)13-17-10-7-11-18(29)12-17)20-21(24)28(23(32)25-22(20)31)14-16-8-5-4-6-9-16/h4-12,29H,3,13-15,24H2,1-2H3,(H,25,31,32). The summed E-state index contributed by atoms with van der Waals surface area (Å²) in [6.07, 6.45) is 0. The molecule has 168 valence electrons. The molecule has 1 amide bonds. The van der Waals surface area contributed by atoms with Gasteiger partial charge in [-0.25, -0.2) is 4.79 Å². The molecule has 0 saturated carbocycles. The van der Waals surface area contributed by atoms with E-state index in [9.17, 15) is 19.5 Å². The minimum absolute atomic E-state index is 0.0141. The Morgan fingerprint density at radius 3 is 2.44 bits per heavy atom. The van der Waals surface area contributed by atoms with Crippen LogP contribution in [0.1, 0.15) is 18.1 Å². The number of aromatic hydroxyl groups is 1. The molecule has 0 aliphatic heterocycles. The van der Waals surface area contributed by atoms with Crippen LogP contribution >= 0.6 is 0 Å². The highest BCUT2D eigenvalue weighted by Gasteiger charge is 2.24. The van der Waals surface area contributed by atoms with Crippen LogP contribution in [0.3, 0.4) is 0 Å². The Labute approximate surface area is 185 Å². The molecule has 32 heavy (non-hydrogen) atoms. The van der Waals surface area contributed by atoms with Crippen molar-refractivity contribution in [3.63, 3.8) is 0 Å². The number of benzene rings is 2. The number of nitrogens with two attached hydrogens (primary N) is 1. The molecular weight excluding hydrogens is 410 g/mol. The van der Waals surface area contributed by atoms with Crippen molar-refractivity contribution >= 4 is 17.4 Å². The fourth-order valence-electron chi connectivity index (χ4n) is 3.56. The number of anilines is 2. The predicted octanol–water partition coefficient (Wildman–Crippen LogP) is 1.36. The van der Waals surface area contributed by atoms with Gasteiger partial charge in [0.2, 0.25) is 5.91 Å². The van der Waals surface area contributed by atoms with Crippen molar-refractivity contribution in [3.8, 4) is 5.75 Å². The van der Waals surface area contributed by atoms with Gasteiger partial charge in [-0.2, -0.15) is 0 Å². The smallest absolute Gasteiger partial charge is 0.330 e. The maximum absolute atomic E-state index is 13.0. The van der Waals surface area contributed by atoms with Crippen molar-refractivity contribution in [1.29, 1.82) is 0 Å². The van der Waals surface area contributed by atoms with Gasteiger partial charge in [0.15, 0.2) is 5.69 Å². The van der Waals surface area contributed by atoms with Crippen molar-refractivity contribution < 1.29 is 9.90 Å². The molecule has 9 heteroatoms. The number of rotatable bonds is 8. The monoisotopic (exact) mass is 437 g/mol. The van der Waals surface area contributed by atoms with Crippen molar-refractivity contribution in [2.75, 3.05) is 30.8 Å². The molecule has 0 unspecified atom stereocenters. The van der Waals surface area contributed by atoms with Gasteiger partial charge in [-0.05, 0) is 37.2 Å². The number of nitrogens with zero attached hydrogens (tertiary/aromatic N) is 3. The zero-order chi connectivity index (χ0) is 23.3. The fourth-order valence-corrected chi connectivity index (χ4v) is 3.56. The van der Waals surface area contributed by atoms with E-state index in [-0.39, 0.29) is 42.8 Å². The van der Waals surface area contributed by atoms with E-state index in [4.69, 9.17) is 5.73 Å². The second kappa shape index (κ2) is 9.97. The van der Waals surface area contributed by atoms with Crippen LogP contribution < -0.4 is 21.9 Å². The number of hydrogen-bond donors (Lipinski definition) is 3. The van der Waals surface area contributed by atoms with Gasteiger partial charge in [-0.3, -0.25) is 24.0 Å². The quantitative estimate of drug-likeness (QED) is 0.489. The fraction of sp³-hybridized carbons (Fsp3) is 0.261. The van der Waals surface area contributed by atoms with E-state index < -0.39 is 11.2 Å². The normalized spacial score (nSPS) is 11.0. The lowest BCUT2D eigenvalue weighted by Gasteiger charge is -2.25. The molecule has 1 heterocycles. The zero-order valence-corrected chi connectivity index (χ0v) is 18.1. The lowest BCUT2D eigenvalue weighted by Crippen LogP contribution is -2.44. The van der Waals surface area contributed by atoms with E-state index >= 15 is 0 Å². The number of hydrogen-bond acceptors (Lipinski definition) is 6. The summed E-state index contributed by atoms with van der Waals surface area (Å²) in [6.45, 7) is 2.55. The van der Waals surface area contributed by atoms with E-state index in [1.807, 2.05) is 36.4 Å². The third-order valence-electron chi connectivity index (χ3n) is 5.05. The van der Waals surface area contributed by atoms with Crippen LogP contribution in [-0.4, -0.2) is 45.6 Å². The predicted molar refractivity (Wildman–Crippen MR) is 124 cm³/mol. The van der Waals surface area contributed by atoms with Gasteiger partial charge < -0.3 is 15.7 Å². The van der Waals surface area contributed by atoms with Crippen LogP contribution in [0.2, 0.25) is 0 Å². The number of carbonyl (C=O) groups is 1. The summed E-state index contributed by atoms with van der Waals surface area (Å²) in [5.74, 6) is -0.247. The van der Waals surface area contributed by atoms with Gasteiger partial charge in [-0.1, -0.05) is 42.5 Å². The summed E-state index contributed by atoms with van der Waals surface area (Å²) in [5.41, 5.74) is 6.52. The molecular formula is C23H27N5O4. The number of amides is 1. The third-order valence-corrected chi connectivity index (χ3v) is 5.05. The number of likely N-dealkylation sites (N-methyl/N-ethyl adjacent to an activating group) is 2. The first-order valence-electron chi connectivity index (χ1n) is 10.2. The molecule has 0 aliphatic carbocycles. The summed E-state index contributed by atoms with van der Waals surface area (Å²) < 4.78 is 1.25. The van der Waals surface area contributed by atoms with Crippen molar-refractivity contribution in [2.24, 2.45) is 0 Å². The van der Waals surface area contributed by atoms with Crippen LogP contribution in [0, 0.1) is 0 Å². The molecule has 0 atom stereocenters. The zero-order valence-electron chi connectivity index (χ0n) is 18.1. The molecule has 1 aromatic heterocycles. The number of H-pyrrole nitrogens is 1. The third kappa shape index (κ3) is 5.25. The van der Waals surface area contributed by atoms with Gasteiger partial charge >= 0.3 is 5.69 Å². The van der Waals surface area contributed by atoms with Crippen molar-refractivity contribution in [1.82, 2.24) is 14.5 Å². The highest BCUT2D eigenvalue weighted by atomic mass is 16.3. The first kappa shape index (κ1) is 22.8. The SMILES string of the molecule is CCN(C(=O)CN(C)Cc1cccc(O)c1)c1c(N)n(Cc2ccccc2)c(=O)[nH]c1=O. The number of aromatic nitrogens is 2. The number of phenols is 1. The Kier molecular flexibility index (Phi) is 7.11. The van der Waals surface area contributed by atoms with Crippen LogP contribution in [-0.2, 0) is 17.9 Å². The van der Waals surface area contributed by atoms with E-state index in [0.29, 0.717) is 6.54 Å². The van der Waals surface area contributed by atoms with Crippen molar-refractivity contribution in [3.05, 3.63) is 86.6 Å². The molecule has 4 N–H and O–H groups in total. The molecule has 0 spiro atoms. The van der Waals surface area contributed by atoms with Crippen LogP contribution in [0.5, 0.6) is 5.75 Å². The highest BCUT2D eigenvalue weighted by Crippen LogP contribution is 2.18. The molecule has 9 nitrogen and oxygen atoms in total. The number of carbonyl (C=O) groups excluding carboxylic acids is 1. The summed E-state index contributed by atoms with van der Waals surface area (Å²) in [4.78, 5) is 43.4. The Bertz CT molecular complexity index is 1200. The summed E-state index contributed by atoms with van der Waals surface area (Å²) >= 11 is 0. The number of aromatic amines is 1. The van der Waals surface area contributed by atoms with Crippen LogP contribution in [0.15, 0.2) is 64.2 Å². The topological polar surface area (TPSA) is 125 Å². The molecule has 3 aromatic rings. The van der Waals surface area contributed by atoms with Gasteiger partial charge in [0, 0.05) is 13.1 Å². The summed E-state index contributed by atoms with van der Waals surface area (Å²) in [7, 11) is 1.76. The second-order valence-corrected chi connectivity index (χ2v) is 7.55. The number of nitrogens with one attached hydrogen (secondary N) is 1. The van der Waals surface area contributed by atoms with Gasteiger partial charge in [0.05, 0.1) is 13.1 Å². The summed E-state index contributed by atoms with van der Waals surface area (Å²) in [6, 6.07) is 16.0. The molecule has 0 radical (unpaired) electrons. The van der Waals surface area contributed by atoms with E-state index in [1.54, 1.807) is 37.1 Å². The molecule has 0 fully saturated rings. The lowest BCUT2D eigenvalue weighted by molar-refractivity contribution is -0.119. The molecule has 3 rings (SSSR count). The number of phenolic OH excluding ortho intramolecular Hbond substituents is 1. The van der Waals surface area contributed by atoms with E-state index in [0.717, 1.165) is 11.1 Å². The average molecular weight is 438 g/mol. The molecule has 0 saturated heterocycles. The Hall–Kier alpha value is -3.85. The molecule has 0 aliphatic rings. The lowest BCUT2D eigenvalue weighted by atomic mass is 10.2. The van der Waals surface area contributed by atoms with Crippen molar-refractivity contribution in [2.45, 2.75) is 20.0 Å². The molecule has 2 aromatic carbocycles. The Morgan fingerprint density at radius 1 is 1.09 bits per heavy atom. The average Bonchev–Trinajstić information content (AvgIpc) is 2.74. The largest absolute Gasteiger partial charge is 0.508 e. The van der Waals surface area contributed by atoms with Crippen LogP contribution in [0.4, 0.5) is 11.5 Å². The second-order valence-electron chi connectivity index (χ2n) is 7.55. The van der Waals surface area contributed by atoms with Gasteiger partial charge in [-0.15, -0.1) is 0 Å². The molecule has 0 bridgehead atoms. The first-order valence-corrected chi connectivity index (χ1v) is 10.2. The Balaban J connectivity index is 1.85. The minimum atomic E-state index is -0.706. The minimum Gasteiger partial charge on any atom is -0.508 e. The van der Waals surface area contributed by atoms with E-state index in [1.165, 1.54) is 9.47 Å². The maximum Gasteiger partial charge on any atom is 0.330 e. The van der Waals surface area contributed by atoms with Gasteiger partial charge in [0.1, 0.15) is 11.6 Å². The summed E-state index contributed by atoms with van der Waals surface area (Å²) in [5, 5.41) is 9.62. The first-order chi connectivity index (χ1) is 15.3. The van der Waals surface area contributed by atoms with Crippen LogP contribution in [0.25, 0.3) is 0 Å². The maximum atomic E-state index is 13.0.